The SMILES string of the molecule is CC(C)(c1cccc(Cl)c1)C(OC(=O)NC(CC1CCCCC1)C(=O)NC(CO)CC1CCNC1=O)c1ccccc1. The molecule has 0 bridgehead atoms. The van der Waals surface area contributed by atoms with Gasteiger partial charge in [0.05, 0.1) is 12.6 Å². The van der Waals surface area contributed by atoms with Crippen molar-refractivity contribution in [2.45, 2.75) is 88.8 Å². The summed E-state index contributed by atoms with van der Waals surface area (Å²) in [5.74, 6) is -0.383. The second-order valence-electron chi connectivity index (χ2n) is 12.3. The summed E-state index contributed by atoms with van der Waals surface area (Å²) in [5.41, 5.74) is 1.09. The number of aliphatic hydroxyl groups is 1. The van der Waals surface area contributed by atoms with Crippen LogP contribution in [-0.2, 0) is 19.7 Å². The number of hydrogen-bond acceptors (Lipinski definition) is 5. The fourth-order valence-corrected chi connectivity index (χ4v) is 6.46. The lowest BCUT2D eigenvalue weighted by Crippen LogP contribution is -2.52. The molecule has 8 nitrogen and oxygen atoms in total. The standard InChI is InChI=1S/C33H44ClN3O5/c1-33(2,25-14-9-15-26(34)20-25)29(23-12-7-4-8-13-23)42-32(41)37-28(18-22-10-5-3-6-11-22)31(40)36-27(21-38)19-24-16-17-35-30(24)39/h4,7-9,12-15,20,22,24,27-29,38H,3,5-6,10-11,16-19,21H2,1-2H3,(H,35,39)(H,36,40)(H,37,41). The molecule has 1 heterocycles. The predicted octanol–water partition coefficient (Wildman–Crippen LogP) is 5.43. The van der Waals surface area contributed by atoms with E-state index in [9.17, 15) is 19.5 Å². The Labute approximate surface area is 253 Å². The molecule has 0 radical (unpaired) electrons. The fourth-order valence-electron chi connectivity index (χ4n) is 6.27. The zero-order valence-corrected chi connectivity index (χ0v) is 25.4. The zero-order chi connectivity index (χ0) is 30.1. The molecule has 228 valence electrons. The largest absolute Gasteiger partial charge is 0.440 e. The Balaban J connectivity index is 1.52. The van der Waals surface area contributed by atoms with E-state index < -0.39 is 29.7 Å². The van der Waals surface area contributed by atoms with Gasteiger partial charge in [-0.05, 0) is 48.4 Å². The van der Waals surface area contributed by atoms with Gasteiger partial charge >= 0.3 is 6.09 Å². The van der Waals surface area contributed by atoms with E-state index in [1.165, 1.54) is 6.42 Å². The van der Waals surface area contributed by atoms with Gasteiger partial charge in [0.25, 0.3) is 0 Å². The number of hydrogen-bond donors (Lipinski definition) is 4. The number of benzene rings is 2. The molecule has 2 fully saturated rings. The highest BCUT2D eigenvalue weighted by atomic mass is 35.5. The van der Waals surface area contributed by atoms with Crippen molar-refractivity contribution in [2.24, 2.45) is 11.8 Å². The van der Waals surface area contributed by atoms with Crippen molar-refractivity contribution in [2.75, 3.05) is 13.2 Å². The van der Waals surface area contributed by atoms with Crippen LogP contribution in [0.15, 0.2) is 54.6 Å². The van der Waals surface area contributed by atoms with E-state index in [1.807, 2.05) is 62.4 Å². The van der Waals surface area contributed by atoms with Crippen LogP contribution in [0.3, 0.4) is 0 Å². The first-order valence-electron chi connectivity index (χ1n) is 15.1. The molecule has 1 aliphatic heterocycles. The summed E-state index contributed by atoms with van der Waals surface area (Å²) in [6, 6.07) is 15.6. The summed E-state index contributed by atoms with van der Waals surface area (Å²) in [7, 11) is 0. The van der Waals surface area contributed by atoms with Gasteiger partial charge in [-0.25, -0.2) is 4.79 Å². The van der Waals surface area contributed by atoms with Gasteiger partial charge in [0, 0.05) is 22.9 Å². The molecule has 2 aliphatic rings. The molecule has 4 rings (SSSR count). The van der Waals surface area contributed by atoms with Gasteiger partial charge < -0.3 is 25.8 Å². The average molecular weight is 598 g/mol. The van der Waals surface area contributed by atoms with Crippen molar-refractivity contribution in [3.63, 3.8) is 0 Å². The number of amides is 3. The van der Waals surface area contributed by atoms with Crippen molar-refractivity contribution >= 4 is 29.5 Å². The van der Waals surface area contributed by atoms with Crippen LogP contribution in [0.5, 0.6) is 0 Å². The van der Waals surface area contributed by atoms with Gasteiger partial charge in [0.2, 0.25) is 11.8 Å². The maximum absolute atomic E-state index is 13.6. The van der Waals surface area contributed by atoms with Crippen LogP contribution >= 0.6 is 11.6 Å². The molecule has 1 saturated heterocycles. The van der Waals surface area contributed by atoms with Crippen molar-refractivity contribution in [1.29, 1.82) is 0 Å². The first kappa shape index (κ1) is 31.8. The third kappa shape index (κ3) is 8.48. The Bertz CT molecular complexity index is 1200. The third-order valence-electron chi connectivity index (χ3n) is 8.75. The molecule has 0 spiro atoms. The van der Waals surface area contributed by atoms with E-state index in [1.54, 1.807) is 6.07 Å². The molecule has 3 amide bonds. The van der Waals surface area contributed by atoms with Gasteiger partial charge in [-0.2, -0.15) is 0 Å². The quantitative estimate of drug-likeness (QED) is 0.260. The number of ether oxygens (including phenoxy) is 1. The molecule has 4 unspecified atom stereocenters. The van der Waals surface area contributed by atoms with Crippen LogP contribution in [0, 0.1) is 11.8 Å². The number of aliphatic hydroxyl groups excluding tert-OH is 1. The molecule has 9 heteroatoms. The predicted molar refractivity (Wildman–Crippen MR) is 163 cm³/mol. The normalized spacial score (nSPS) is 19.8. The maximum Gasteiger partial charge on any atom is 0.408 e. The summed E-state index contributed by atoms with van der Waals surface area (Å²) in [6.45, 7) is 4.31. The number of carbonyl (C=O) groups excluding carboxylic acids is 3. The molecular formula is C33H44ClN3O5. The molecule has 1 aliphatic carbocycles. The second-order valence-corrected chi connectivity index (χ2v) is 12.7. The number of alkyl carbamates (subject to hydrolysis) is 1. The minimum Gasteiger partial charge on any atom is -0.440 e. The number of halogens is 1. The van der Waals surface area contributed by atoms with Crippen LogP contribution in [0.1, 0.15) is 82.4 Å². The minimum atomic E-state index is -0.835. The van der Waals surface area contributed by atoms with E-state index in [4.69, 9.17) is 16.3 Å². The summed E-state index contributed by atoms with van der Waals surface area (Å²) >= 11 is 6.31. The molecule has 4 N–H and O–H groups in total. The molecular weight excluding hydrogens is 554 g/mol. The van der Waals surface area contributed by atoms with Crippen molar-refractivity contribution in [1.82, 2.24) is 16.0 Å². The molecule has 42 heavy (non-hydrogen) atoms. The second kappa shape index (κ2) is 14.9. The Hall–Kier alpha value is -3.10. The summed E-state index contributed by atoms with van der Waals surface area (Å²) in [5, 5.41) is 19.2. The maximum atomic E-state index is 13.6. The number of rotatable bonds is 12. The average Bonchev–Trinajstić information content (AvgIpc) is 3.39. The highest BCUT2D eigenvalue weighted by molar-refractivity contribution is 6.30. The van der Waals surface area contributed by atoms with Crippen LogP contribution in [0.25, 0.3) is 0 Å². The Morgan fingerprint density at radius 3 is 2.40 bits per heavy atom. The fraction of sp³-hybridized carbons (Fsp3) is 0.545. The van der Waals surface area contributed by atoms with Crippen molar-refractivity contribution < 1.29 is 24.2 Å². The minimum absolute atomic E-state index is 0.0579. The van der Waals surface area contributed by atoms with Crippen LogP contribution in [-0.4, -0.2) is 48.2 Å². The van der Waals surface area contributed by atoms with E-state index in [2.05, 4.69) is 16.0 Å². The van der Waals surface area contributed by atoms with E-state index in [-0.39, 0.29) is 24.3 Å². The van der Waals surface area contributed by atoms with Crippen molar-refractivity contribution in [3.8, 4) is 0 Å². The third-order valence-corrected chi connectivity index (χ3v) is 8.99. The van der Waals surface area contributed by atoms with E-state index in [0.717, 1.165) is 36.8 Å². The number of carbonyl (C=O) groups is 3. The lowest BCUT2D eigenvalue weighted by molar-refractivity contribution is -0.126. The highest BCUT2D eigenvalue weighted by Gasteiger charge is 2.37. The van der Waals surface area contributed by atoms with Crippen LogP contribution < -0.4 is 16.0 Å². The van der Waals surface area contributed by atoms with Gasteiger partial charge in [-0.15, -0.1) is 0 Å². The lowest BCUT2D eigenvalue weighted by Gasteiger charge is -2.35. The summed E-state index contributed by atoms with van der Waals surface area (Å²) in [6.07, 6.45) is 5.52. The van der Waals surface area contributed by atoms with Gasteiger partial charge in [0.1, 0.15) is 12.1 Å². The summed E-state index contributed by atoms with van der Waals surface area (Å²) in [4.78, 5) is 39.2. The molecule has 2 aromatic rings. The van der Waals surface area contributed by atoms with Crippen LogP contribution in [0.4, 0.5) is 4.79 Å². The zero-order valence-electron chi connectivity index (χ0n) is 24.6. The van der Waals surface area contributed by atoms with E-state index >= 15 is 0 Å². The highest BCUT2D eigenvalue weighted by Crippen LogP contribution is 2.40. The first-order chi connectivity index (χ1) is 20.2. The smallest absolute Gasteiger partial charge is 0.408 e. The Kier molecular flexibility index (Phi) is 11.3. The lowest BCUT2D eigenvalue weighted by atomic mass is 9.76. The van der Waals surface area contributed by atoms with E-state index in [0.29, 0.717) is 36.7 Å². The van der Waals surface area contributed by atoms with Crippen LogP contribution in [0.2, 0.25) is 5.02 Å². The Morgan fingerprint density at radius 2 is 1.76 bits per heavy atom. The molecule has 2 aromatic carbocycles. The number of nitrogens with one attached hydrogen (secondary N) is 3. The van der Waals surface area contributed by atoms with Gasteiger partial charge in [-0.3, -0.25) is 9.59 Å². The summed E-state index contributed by atoms with van der Waals surface area (Å²) < 4.78 is 6.14. The van der Waals surface area contributed by atoms with Gasteiger partial charge in [-0.1, -0.05) is 100 Å². The topological polar surface area (TPSA) is 117 Å². The monoisotopic (exact) mass is 597 g/mol. The van der Waals surface area contributed by atoms with Gasteiger partial charge in [0.15, 0.2) is 0 Å². The molecule has 1 saturated carbocycles. The molecule has 4 atom stereocenters. The van der Waals surface area contributed by atoms with Crippen molar-refractivity contribution in [3.05, 3.63) is 70.7 Å². The molecule has 0 aromatic heterocycles. The first-order valence-corrected chi connectivity index (χ1v) is 15.5. The Morgan fingerprint density at radius 1 is 1.02 bits per heavy atom.